The Bertz CT molecular complexity index is 576. The molecule has 2 aromatic carbocycles. The number of nitrogens with two attached hydrogens (primary N) is 1. The van der Waals surface area contributed by atoms with Crippen molar-refractivity contribution in [2.24, 2.45) is 5.84 Å². The Labute approximate surface area is 119 Å². The number of amides is 1. The number of hydrazine groups is 1. The minimum absolute atomic E-state index is 0.0437. The van der Waals surface area contributed by atoms with Gasteiger partial charge >= 0.3 is 0 Å². The fourth-order valence-electron chi connectivity index (χ4n) is 1.98. The van der Waals surface area contributed by atoms with Gasteiger partial charge in [0.1, 0.15) is 0 Å². The Hall–Kier alpha value is -2.33. The molecular formula is C16H19N3O. The van der Waals surface area contributed by atoms with E-state index < -0.39 is 0 Å². The van der Waals surface area contributed by atoms with Gasteiger partial charge in [-0.15, -0.1) is 0 Å². The van der Waals surface area contributed by atoms with Gasteiger partial charge in [-0.2, -0.15) is 0 Å². The van der Waals surface area contributed by atoms with Crippen LogP contribution in [0.15, 0.2) is 48.5 Å². The SMILES string of the molecule is CCc1ccc(N(C)C(=O)c2ccc(NN)cc2)cc1. The highest BCUT2D eigenvalue weighted by Gasteiger charge is 2.13. The zero-order chi connectivity index (χ0) is 14.5. The van der Waals surface area contributed by atoms with Crippen molar-refractivity contribution in [3.63, 3.8) is 0 Å². The van der Waals surface area contributed by atoms with Gasteiger partial charge in [0.05, 0.1) is 0 Å². The predicted molar refractivity (Wildman–Crippen MR) is 82.8 cm³/mol. The van der Waals surface area contributed by atoms with E-state index in [-0.39, 0.29) is 5.91 Å². The smallest absolute Gasteiger partial charge is 0.258 e. The van der Waals surface area contributed by atoms with E-state index in [2.05, 4.69) is 12.3 Å². The van der Waals surface area contributed by atoms with Crippen LogP contribution in [0.3, 0.4) is 0 Å². The van der Waals surface area contributed by atoms with E-state index in [4.69, 9.17) is 5.84 Å². The number of carbonyl (C=O) groups excluding carboxylic acids is 1. The molecule has 0 aliphatic heterocycles. The first kappa shape index (κ1) is 14.1. The van der Waals surface area contributed by atoms with Crippen LogP contribution >= 0.6 is 0 Å². The maximum absolute atomic E-state index is 12.4. The Morgan fingerprint density at radius 1 is 1.10 bits per heavy atom. The van der Waals surface area contributed by atoms with Crippen molar-refractivity contribution in [2.45, 2.75) is 13.3 Å². The highest BCUT2D eigenvalue weighted by molar-refractivity contribution is 6.05. The molecule has 0 unspecified atom stereocenters. The molecule has 0 aliphatic carbocycles. The van der Waals surface area contributed by atoms with Crippen molar-refractivity contribution < 1.29 is 4.79 Å². The first-order valence-electron chi connectivity index (χ1n) is 6.59. The summed E-state index contributed by atoms with van der Waals surface area (Å²) in [4.78, 5) is 14.0. The number of hydrogen-bond acceptors (Lipinski definition) is 3. The molecule has 1 amide bonds. The monoisotopic (exact) mass is 269 g/mol. The second kappa shape index (κ2) is 6.21. The number of nitrogens with one attached hydrogen (secondary N) is 1. The van der Waals surface area contributed by atoms with Crippen LogP contribution in [0, 0.1) is 0 Å². The minimum Gasteiger partial charge on any atom is -0.324 e. The Balaban J connectivity index is 2.17. The summed E-state index contributed by atoms with van der Waals surface area (Å²) in [6.45, 7) is 2.11. The number of nitrogen functional groups attached to an aromatic ring is 1. The standard InChI is InChI=1S/C16H19N3O/c1-3-12-4-10-15(11-5-12)19(2)16(20)13-6-8-14(18-17)9-7-13/h4-11,18H,3,17H2,1-2H3. The number of benzene rings is 2. The number of anilines is 2. The van der Waals surface area contributed by atoms with Crippen molar-refractivity contribution in [1.29, 1.82) is 0 Å². The number of hydrogen-bond donors (Lipinski definition) is 2. The van der Waals surface area contributed by atoms with E-state index in [1.807, 2.05) is 24.3 Å². The molecular weight excluding hydrogens is 250 g/mol. The second-order valence-electron chi connectivity index (χ2n) is 4.61. The van der Waals surface area contributed by atoms with E-state index in [1.54, 1.807) is 36.2 Å². The Morgan fingerprint density at radius 2 is 1.70 bits per heavy atom. The summed E-state index contributed by atoms with van der Waals surface area (Å²) in [5, 5.41) is 0. The first-order chi connectivity index (χ1) is 9.65. The quantitative estimate of drug-likeness (QED) is 0.663. The highest BCUT2D eigenvalue weighted by atomic mass is 16.2. The molecule has 3 N–H and O–H groups in total. The van der Waals surface area contributed by atoms with Crippen LogP contribution in [0.4, 0.5) is 11.4 Å². The summed E-state index contributed by atoms with van der Waals surface area (Å²) < 4.78 is 0. The van der Waals surface area contributed by atoms with Crippen LogP contribution in [-0.2, 0) is 6.42 Å². The molecule has 4 heteroatoms. The van der Waals surface area contributed by atoms with Crippen molar-refractivity contribution >= 4 is 17.3 Å². The zero-order valence-electron chi connectivity index (χ0n) is 11.8. The molecule has 2 rings (SSSR count). The average molecular weight is 269 g/mol. The predicted octanol–water partition coefficient (Wildman–Crippen LogP) is 2.81. The molecule has 0 aliphatic rings. The van der Waals surface area contributed by atoms with Crippen molar-refractivity contribution in [2.75, 3.05) is 17.4 Å². The summed E-state index contributed by atoms with van der Waals surface area (Å²) in [5.74, 6) is 5.27. The van der Waals surface area contributed by atoms with Crippen LogP contribution in [0.25, 0.3) is 0 Å². The number of rotatable bonds is 4. The topological polar surface area (TPSA) is 58.4 Å². The average Bonchev–Trinajstić information content (AvgIpc) is 2.53. The molecule has 0 radical (unpaired) electrons. The van der Waals surface area contributed by atoms with E-state index in [0.717, 1.165) is 17.8 Å². The zero-order valence-corrected chi connectivity index (χ0v) is 11.8. The van der Waals surface area contributed by atoms with Crippen LogP contribution in [0.2, 0.25) is 0 Å². The van der Waals surface area contributed by atoms with E-state index in [0.29, 0.717) is 5.56 Å². The van der Waals surface area contributed by atoms with Gasteiger partial charge < -0.3 is 10.3 Å². The lowest BCUT2D eigenvalue weighted by Crippen LogP contribution is -2.26. The molecule has 2 aromatic rings. The summed E-state index contributed by atoms with van der Waals surface area (Å²) in [6.07, 6.45) is 0.992. The third kappa shape index (κ3) is 2.97. The third-order valence-corrected chi connectivity index (χ3v) is 3.34. The molecule has 4 nitrogen and oxygen atoms in total. The molecule has 0 heterocycles. The van der Waals surface area contributed by atoms with Gasteiger partial charge in [-0.1, -0.05) is 19.1 Å². The number of carbonyl (C=O) groups is 1. The maximum atomic E-state index is 12.4. The van der Waals surface area contributed by atoms with Gasteiger partial charge in [-0.25, -0.2) is 0 Å². The maximum Gasteiger partial charge on any atom is 0.258 e. The highest BCUT2D eigenvalue weighted by Crippen LogP contribution is 2.17. The fourth-order valence-corrected chi connectivity index (χ4v) is 1.98. The lowest BCUT2D eigenvalue weighted by atomic mass is 10.1. The molecule has 0 saturated carbocycles. The van der Waals surface area contributed by atoms with Gasteiger partial charge in [0.2, 0.25) is 0 Å². The summed E-state index contributed by atoms with van der Waals surface area (Å²) >= 11 is 0. The van der Waals surface area contributed by atoms with Gasteiger partial charge in [0.25, 0.3) is 5.91 Å². The van der Waals surface area contributed by atoms with Gasteiger partial charge in [-0.3, -0.25) is 10.6 Å². The summed E-state index contributed by atoms with van der Waals surface area (Å²) in [7, 11) is 1.78. The fraction of sp³-hybridized carbons (Fsp3) is 0.188. The van der Waals surface area contributed by atoms with Crippen LogP contribution < -0.4 is 16.2 Å². The number of nitrogens with zero attached hydrogens (tertiary/aromatic N) is 1. The normalized spacial score (nSPS) is 10.2. The molecule has 0 bridgehead atoms. The van der Waals surface area contributed by atoms with Crippen molar-refractivity contribution in [1.82, 2.24) is 0 Å². The largest absolute Gasteiger partial charge is 0.324 e. The first-order valence-corrected chi connectivity index (χ1v) is 6.59. The molecule has 0 spiro atoms. The van der Waals surface area contributed by atoms with Crippen LogP contribution in [-0.4, -0.2) is 13.0 Å². The summed E-state index contributed by atoms with van der Waals surface area (Å²) in [6, 6.07) is 15.1. The van der Waals surface area contributed by atoms with Crippen molar-refractivity contribution in [3.05, 3.63) is 59.7 Å². The minimum atomic E-state index is -0.0437. The van der Waals surface area contributed by atoms with Gasteiger partial charge in [-0.05, 0) is 48.4 Å². The second-order valence-corrected chi connectivity index (χ2v) is 4.61. The molecule has 20 heavy (non-hydrogen) atoms. The van der Waals surface area contributed by atoms with Gasteiger partial charge in [0.15, 0.2) is 0 Å². The van der Waals surface area contributed by atoms with E-state index in [9.17, 15) is 4.79 Å². The molecule has 0 atom stereocenters. The van der Waals surface area contributed by atoms with Crippen LogP contribution in [0.1, 0.15) is 22.8 Å². The molecule has 0 saturated heterocycles. The third-order valence-electron chi connectivity index (χ3n) is 3.34. The molecule has 0 aromatic heterocycles. The van der Waals surface area contributed by atoms with E-state index in [1.165, 1.54) is 5.56 Å². The van der Waals surface area contributed by atoms with Crippen molar-refractivity contribution in [3.8, 4) is 0 Å². The lowest BCUT2D eigenvalue weighted by molar-refractivity contribution is 0.0993. The Morgan fingerprint density at radius 3 is 2.20 bits per heavy atom. The summed E-state index contributed by atoms with van der Waals surface area (Å²) in [5.41, 5.74) is 6.09. The van der Waals surface area contributed by atoms with E-state index >= 15 is 0 Å². The molecule has 104 valence electrons. The Kier molecular flexibility index (Phi) is 4.38. The van der Waals surface area contributed by atoms with Gasteiger partial charge in [0, 0.05) is 24.0 Å². The molecule has 0 fully saturated rings. The lowest BCUT2D eigenvalue weighted by Gasteiger charge is -2.18. The van der Waals surface area contributed by atoms with Crippen LogP contribution in [0.5, 0.6) is 0 Å². The number of aryl methyl sites for hydroxylation is 1.